The third-order valence-electron chi connectivity index (χ3n) is 3.20. The predicted octanol–water partition coefficient (Wildman–Crippen LogP) is 1.26. The van der Waals surface area contributed by atoms with Gasteiger partial charge in [-0.3, -0.25) is 4.79 Å². The lowest BCUT2D eigenvalue weighted by molar-refractivity contribution is -0.123. The van der Waals surface area contributed by atoms with Crippen molar-refractivity contribution in [2.45, 2.75) is 37.4 Å². The monoisotopic (exact) mass is 302 g/mol. The predicted molar refractivity (Wildman–Crippen MR) is 74.8 cm³/mol. The number of rotatable bonds is 2. The third kappa shape index (κ3) is 2.68. The maximum atomic E-state index is 12.7. The number of nitrogens with one attached hydrogen (secondary N) is 1. The Morgan fingerprint density at radius 1 is 1.42 bits per heavy atom. The zero-order valence-electron chi connectivity index (χ0n) is 11.3. The van der Waals surface area contributed by atoms with Crippen LogP contribution in [0.2, 0.25) is 0 Å². The Kier molecular flexibility index (Phi) is 3.98. The summed E-state index contributed by atoms with van der Waals surface area (Å²) < 4.78 is 27.0. The highest BCUT2D eigenvalue weighted by Crippen LogP contribution is 2.30. The van der Waals surface area contributed by atoms with Crippen molar-refractivity contribution in [3.05, 3.63) is 16.5 Å². The Balaban J connectivity index is 2.43. The van der Waals surface area contributed by atoms with Crippen molar-refractivity contribution < 1.29 is 13.2 Å². The maximum absolute atomic E-state index is 12.7. The molecule has 1 amide bonds. The van der Waals surface area contributed by atoms with Crippen molar-refractivity contribution in [1.82, 2.24) is 9.62 Å². The van der Waals surface area contributed by atoms with Crippen LogP contribution < -0.4 is 5.32 Å². The highest BCUT2D eigenvalue weighted by atomic mass is 32.2. The second-order valence-corrected chi connectivity index (χ2v) is 8.11. The second kappa shape index (κ2) is 5.22. The number of nitrogens with zero attached hydrogens (tertiary/aromatic N) is 1. The van der Waals surface area contributed by atoms with E-state index in [1.54, 1.807) is 13.8 Å². The Morgan fingerprint density at radius 3 is 2.68 bits per heavy atom. The summed E-state index contributed by atoms with van der Waals surface area (Å²) in [4.78, 5) is 12.7. The average molecular weight is 302 g/mol. The van der Waals surface area contributed by atoms with Crippen LogP contribution in [0.1, 0.15) is 23.8 Å². The highest BCUT2D eigenvalue weighted by molar-refractivity contribution is 7.91. The van der Waals surface area contributed by atoms with E-state index >= 15 is 0 Å². The van der Waals surface area contributed by atoms with Crippen molar-refractivity contribution in [2.75, 3.05) is 13.1 Å². The molecule has 5 nitrogen and oxygen atoms in total. The van der Waals surface area contributed by atoms with Gasteiger partial charge in [0.05, 0.1) is 0 Å². The minimum Gasteiger partial charge on any atom is -0.355 e. The molecule has 1 aliphatic rings. The number of aryl methyl sites for hydroxylation is 2. The molecule has 0 saturated carbocycles. The lowest BCUT2D eigenvalue weighted by Gasteiger charge is -2.24. The van der Waals surface area contributed by atoms with Gasteiger partial charge in [0, 0.05) is 18.0 Å². The van der Waals surface area contributed by atoms with Crippen molar-refractivity contribution in [2.24, 2.45) is 0 Å². The van der Waals surface area contributed by atoms with Gasteiger partial charge in [0.2, 0.25) is 5.91 Å². The molecule has 1 fully saturated rings. The van der Waals surface area contributed by atoms with E-state index in [1.807, 2.05) is 13.0 Å². The van der Waals surface area contributed by atoms with E-state index in [-0.39, 0.29) is 5.91 Å². The topological polar surface area (TPSA) is 66.5 Å². The number of sulfonamides is 1. The second-order valence-electron chi connectivity index (χ2n) is 4.76. The fourth-order valence-corrected chi connectivity index (χ4v) is 5.64. The molecule has 0 spiro atoms. The first-order valence-electron chi connectivity index (χ1n) is 6.20. The molecule has 7 heteroatoms. The minimum atomic E-state index is -3.59. The zero-order chi connectivity index (χ0) is 14.2. The van der Waals surface area contributed by atoms with Gasteiger partial charge in [0.15, 0.2) is 0 Å². The number of thiophene rings is 1. The smallest absolute Gasteiger partial charge is 0.253 e. The largest absolute Gasteiger partial charge is 0.355 e. The van der Waals surface area contributed by atoms with Gasteiger partial charge in [0.25, 0.3) is 10.0 Å². The summed E-state index contributed by atoms with van der Waals surface area (Å²) in [7, 11) is -3.59. The van der Waals surface area contributed by atoms with E-state index < -0.39 is 16.1 Å². The fraction of sp³-hybridized carbons (Fsp3) is 0.583. The van der Waals surface area contributed by atoms with Gasteiger partial charge in [-0.05, 0) is 38.8 Å². The molecular weight excluding hydrogens is 284 g/mol. The van der Waals surface area contributed by atoms with Gasteiger partial charge >= 0.3 is 0 Å². The normalized spacial score (nSPS) is 22.1. The Labute approximate surface area is 117 Å². The molecule has 2 heterocycles. The van der Waals surface area contributed by atoms with Gasteiger partial charge in [0.1, 0.15) is 10.3 Å². The number of hydrogen-bond donors (Lipinski definition) is 1. The summed E-state index contributed by atoms with van der Waals surface area (Å²) in [6, 6.07) is 1.20. The molecular formula is C12H18N2O3S2. The summed E-state index contributed by atoms with van der Waals surface area (Å²) in [6.07, 6.45) is 0.638. The molecule has 1 aromatic rings. The number of amides is 1. The van der Waals surface area contributed by atoms with Crippen LogP contribution in [0.15, 0.2) is 10.3 Å². The molecule has 0 radical (unpaired) electrons. The molecule has 2 rings (SSSR count). The van der Waals surface area contributed by atoms with Gasteiger partial charge < -0.3 is 5.32 Å². The van der Waals surface area contributed by atoms with Crippen LogP contribution in [-0.2, 0) is 14.8 Å². The van der Waals surface area contributed by atoms with Crippen LogP contribution in [0.25, 0.3) is 0 Å². The summed E-state index contributed by atoms with van der Waals surface area (Å²) in [5, 5.41) is 2.73. The van der Waals surface area contributed by atoms with Gasteiger partial charge in [-0.15, -0.1) is 11.3 Å². The van der Waals surface area contributed by atoms with E-state index in [0.29, 0.717) is 23.7 Å². The summed E-state index contributed by atoms with van der Waals surface area (Å²) in [5.74, 6) is -0.230. The molecule has 1 saturated heterocycles. The molecule has 1 N–H and O–H groups in total. The molecule has 1 atom stereocenters. The summed E-state index contributed by atoms with van der Waals surface area (Å²) >= 11 is 1.26. The third-order valence-corrected chi connectivity index (χ3v) is 6.94. The fourth-order valence-electron chi connectivity index (χ4n) is 2.23. The van der Waals surface area contributed by atoms with E-state index in [9.17, 15) is 13.2 Å². The Morgan fingerprint density at radius 2 is 2.11 bits per heavy atom. The van der Waals surface area contributed by atoms with E-state index in [2.05, 4.69) is 5.32 Å². The van der Waals surface area contributed by atoms with Gasteiger partial charge in [-0.1, -0.05) is 0 Å². The number of hydrogen-bond acceptors (Lipinski definition) is 4. The van der Waals surface area contributed by atoms with E-state index in [1.165, 1.54) is 15.6 Å². The first-order chi connectivity index (χ1) is 8.84. The van der Waals surface area contributed by atoms with Gasteiger partial charge in [-0.2, -0.15) is 4.31 Å². The lowest BCUT2D eigenvalue weighted by atomic mass is 10.3. The summed E-state index contributed by atoms with van der Waals surface area (Å²) in [5.41, 5.74) is 0.749. The zero-order valence-corrected chi connectivity index (χ0v) is 12.9. The van der Waals surface area contributed by atoms with Crippen molar-refractivity contribution in [3.63, 3.8) is 0 Å². The number of carbonyl (C=O) groups is 1. The SMILES string of the molecule is Cc1cc(C)c(S(=O)(=O)N2CCCNC(=O)[C@H]2C)s1. The Bertz CT molecular complexity index is 592. The first-order valence-corrected chi connectivity index (χ1v) is 8.46. The van der Waals surface area contributed by atoms with E-state index in [0.717, 1.165) is 10.4 Å². The lowest BCUT2D eigenvalue weighted by Crippen LogP contribution is -2.45. The highest BCUT2D eigenvalue weighted by Gasteiger charge is 2.35. The van der Waals surface area contributed by atoms with Crippen LogP contribution in [0, 0.1) is 13.8 Å². The molecule has 1 aliphatic heterocycles. The van der Waals surface area contributed by atoms with Crippen LogP contribution in [0.3, 0.4) is 0 Å². The number of carbonyl (C=O) groups excluding carboxylic acids is 1. The van der Waals surface area contributed by atoms with Crippen LogP contribution in [0.5, 0.6) is 0 Å². The van der Waals surface area contributed by atoms with Crippen LogP contribution >= 0.6 is 11.3 Å². The quantitative estimate of drug-likeness (QED) is 0.894. The molecule has 106 valence electrons. The van der Waals surface area contributed by atoms with Crippen LogP contribution in [0.4, 0.5) is 0 Å². The molecule has 0 aliphatic carbocycles. The molecule has 0 bridgehead atoms. The minimum absolute atomic E-state index is 0.230. The molecule has 1 aromatic heterocycles. The molecule has 0 unspecified atom stereocenters. The van der Waals surface area contributed by atoms with E-state index in [4.69, 9.17) is 0 Å². The van der Waals surface area contributed by atoms with Crippen molar-refractivity contribution in [1.29, 1.82) is 0 Å². The van der Waals surface area contributed by atoms with Crippen molar-refractivity contribution in [3.8, 4) is 0 Å². The summed E-state index contributed by atoms with van der Waals surface area (Å²) in [6.45, 7) is 6.21. The first kappa shape index (κ1) is 14.5. The maximum Gasteiger partial charge on any atom is 0.253 e. The average Bonchev–Trinajstić information content (AvgIpc) is 2.57. The molecule has 0 aromatic carbocycles. The molecule has 19 heavy (non-hydrogen) atoms. The Hall–Kier alpha value is -0.920. The van der Waals surface area contributed by atoms with Gasteiger partial charge in [-0.25, -0.2) is 8.42 Å². The van der Waals surface area contributed by atoms with Crippen LogP contribution in [-0.4, -0.2) is 37.8 Å². The standard InChI is InChI=1S/C12H18N2O3S2/c1-8-7-9(2)18-12(8)19(16,17)14-6-4-5-13-11(15)10(14)3/h7,10H,4-6H2,1-3H3,(H,13,15)/t10-/m1/s1. The van der Waals surface area contributed by atoms with Crippen molar-refractivity contribution >= 4 is 27.3 Å².